The molecule has 7 heteroatoms. The van der Waals surface area contributed by atoms with Gasteiger partial charge in [-0.05, 0) is 32.9 Å². The Labute approximate surface area is 116 Å². The monoisotopic (exact) mass is 276 g/mol. The molecule has 0 spiro atoms. The van der Waals surface area contributed by atoms with E-state index in [-0.39, 0.29) is 11.7 Å². The molecule has 1 N–H and O–H groups in total. The number of aromatic nitrogens is 3. The number of rotatable bonds is 4. The third-order valence-corrected chi connectivity index (χ3v) is 2.95. The summed E-state index contributed by atoms with van der Waals surface area (Å²) in [7, 11) is 1.30. The number of ether oxygens (including phenoxy) is 1. The summed E-state index contributed by atoms with van der Waals surface area (Å²) in [5.74, 6) is 0.814. The lowest BCUT2D eigenvalue weighted by atomic mass is 10.1. The van der Waals surface area contributed by atoms with Crippen LogP contribution >= 0.6 is 0 Å². The van der Waals surface area contributed by atoms with E-state index in [1.165, 1.54) is 7.11 Å². The highest BCUT2D eigenvalue weighted by molar-refractivity contribution is 5.86. The van der Waals surface area contributed by atoms with Crippen molar-refractivity contribution in [2.75, 3.05) is 12.4 Å². The maximum absolute atomic E-state index is 11.3. The zero-order chi connectivity index (χ0) is 14.7. The van der Waals surface area contributed by atoms with Crippen LogP contribution in [-0.2, 0) is 4.74 Å². The molecule has 7 nitrogen and oxygen atoms in total. The van der Waals surface area contributed by atoms with Gasteiger partial charge in [-0.1, -0.05) is 5.16 Å². The first-order valence-electron chi connectivity index (χ1n) is 6.14. The summed E-state index contributed by atoms with van der Waals surface area (Å²) < 4.78 is 9.70. The number of nitrogens with one attached hydrogen (secondary N) is 1. The molecule has 0 fully saturated rings. The Morgan fingerprint density at radius 2 is 2.10 bits per heavy atom. The second-order valence-electron chi connectivity index (χ2n) is 4.40. The quantitative estimate of drug-likeness (QED) is 0.854. The van der Waals surface area contributed by atoms with Crippen LogP contribution in [0, 0.1) is 13.8 Å². The molecule has 0 aromatic carbocycles. The molecular formula is C13H16N4O3. The number of hydrogen-bond donors (Lipinski definition) is 1. The number of carbonyl (C=O) groups excluding carboxylic acids is 1. The third-order valence-electron chi connectivity index (χ3n) is 2.95. The molecule has 2 aromatic rings. The van der Waals surface area contributed by atoms with Gasteiger partial charge in [-0.25, -0.2) is 4.79 Å². The lowest BCUT2D eigenvalue weighted by Gasteiger charge is -2.13. The highest BCUT2D eigenvalue weighted by atomic mass is 16.5. The topological polar surface area (TPSA) is 90.1 Å². The summed E-state index contributed by atoms with van der Waals surface area (Å²) in [6.45, 7) is 5.72. The van der Waals surface area contributed by atoms with E-state index in [1.54, 1.807) is 12.1 Å². The van der Waals surface area contributed by atoms with Crippen LogP contribution in [0.3, 0.4) is 0 Å². The minimum atomic E-state index is -0.511. The van der Waals surface area contributed by atoms with Gasteiger partial charge in [0, 0.05) is 5.56 Å². The Morgan fingerprint density at radius 1 is 1.35 bits per heavy atom. The minimum absolute atomic E-state index is 0.0282. The number of carbonyl (C=O) groups is 1. The number of methoxy groups -OCH3 is 1. The summed E-state index contributed by atoms with van der Waals surface area (Å²) in [4.78, 5) is 11.3. The zero-order valence-electron chi connectivity index (χ0n) is 11.8. The van der Waals surface area contributed by atoms with Crippen molar-refractivity contribution < 1.29 is 14.1 Å². The van der Waals surface area contributed by atoms with Crippen LogP contribution in [0.15, 0.2) is 16.7 Å². The molecule has 1 unspecified atom stereocenters. The first kappa shape index (κ1) is 14.0. The van der Waals surface area contributed by atoms with Crippen molar-refractivity contribution in [3.63, 3.8) is 0 Å². The fourth-order valence-electron chi connectivity index (χ4n) is 2.02. The van der Waals surface area contributed by atoms with Gasteiger partial charge >= 0.3 is 5.97 Å². The summed E-state index contributed by atoms with van der Waals surface area (Å²) in [6.07, 6.45) is 0. The van der Waals surface area contributed by atoms with Gasteiger partial charge in [0.15, 0.2) is 5.69 Å². The molecule has 2 heterocycles. The molecule has 0 radical (unpaired) electrons. The van der Waals surface area contributed by atoms with Gasteiger partial charge in [-0.3, -0.25) is 0 Å². The molecule has 1 atom stereocenters. The van der Waals surface area contributed by atoms with E-state index in [0.29, 0.717) is 5.82 Å². The van der Waals surface area contributed by atoms with Crippen LogP contribution in [0.1, 0.15) is 40.5 Å². The van der Waals surface area contributed by atoms with Crippen LogP contribution in [0.2, 0.25) is 0 Å². The van der Waals surface area contributed by atoms with Crippen molar-refractivity contribution in [1.29, 1.82) is 0 Å². The van der Waals surface area contributed by atoms with E-state index in [4.69, 9.17) is 4.52 Å². The van der Waals surface area contributed by atoms with Crippen molar-refractivity contribution in [2.24, 2.45) is 0 Å². The number of hydrogen-bond acceptors (Lipinski definition) is 7. The van der Waals surface area contributed by atoms with Crippen molar-refractivity contribution in [2.45, 2.75) is 26.8 Å². The normalized spacial score (nSPS) is 12.0. The maximum atomic E-state index is 11.3. The van der Waals surface area contributed by atoms with Crippen LogP contribution < -0.4 is 5.32 Å². The summed E-state index contributed by atoms with van der Waals surface area (Å²) in [5, 5.41) is 14.8. The molecule has 2 rings (SSSR count). The van der Waals surface area contributed by atoms with Gasteiger partial charge in [-0.2, -0.15) is 0 Å². The van der Waals surface area contributed by atoms with E-state index in [9.17, 15) is 4.79 Å². The SMILES string of the molecule is COC(=O)c1ccc(NC(C)c2c(C)noc2C)nn1. The average Bonchev–Trinajstić information content (AvgIpc) is 2.78. The molecule has 0 aliphatic heterocycles. The van der Waals surface area contributed by atoms with Crippen molar-refractivity contribution >= 4 is 11.8 Å². The van der Waals surface area contributed by atoms with E-state index >= 15 is 0 Å². The minimum Gasteiger partial charge on any atom is -0.464 e. The Kier molecular flexibility index (Phi) is 3.97. The van der Waals surface area contributed by atoms with Gasteiger partial charge in [-0.15, -0.1) is 10.2 Å². The van der Waals surface area contributed by atoms with Crippen LogP contribution in [0.25, 0.3) is 0 Å². The lowest BCUT2D eigenvalue weighted by molar-refractivity contribution is 0.0593. The van der Waals surface area contributed by atoms with Crippen molar-refractivity contribution in [1.82, 2.24) is 15.4 Å². The fourth-order valence-corrected chi connectivity index (χ4v) is 2.02. The highest BCUT2D eigenvalue weighted by Gasteiger charge is 2.17. The molecule has 0 bridgehead atoms. The number of nitrogens with zero attached hydrogens (tertiary/aromatic N) is 3. The van der Waals surface area contributed by atoms with Crippen molar-refractivity contribution in [3.05, 3.63) is 34.8 Å². The predicted molar refractivity (Wildman–Crippen MR) is 71.4 cm³/mol. The van der Waals surface area contributed by atoms with Crippen LogP contribution in [0.5, 0.6) is 0 Å². The molecule has 0 aliphatic carbocycles. The van der Waals surface area contributed by atoms with E-state index in [2.05, 4.69) is 25.4 Å². The largest absolute Gasteiger partial charge is 0.464 e. The van der Waals surface area contributed by atoms with Crippen molar-refractivity contribution in [3.8, 4) is 0 Å². The summed E-state index contributed by atoms with van der Waals surface area (Å²) in [5.41, 5.74) is 1.99. The second kappa shape index (κ2) is 5.68. The molecule has 2 aromatic heterocycles. The zero-order valence-corrected chi connectivity index (χ0v) is 11.8. The number of aryl methyl sites for hydroxylation is 2. The molecular weight excluding hydrogens is 260 g/mol. The van der Waals surface area contributed by atoms with Crippen LogP contribution in [0.4, 0.5) is 5.82 Å². The van der Waals surface area contributed by atoms with E-state index in [0.717, 1.165) is 17.0 Å². The Bertz CT molecular complexity index is 587. The maximum Gasteiger partial charge on any atom is 0.358 e. The highest BCUT2D eigenvalue weighted by Crippen LogP contribution is 2.23. The summed E-state index contributed by atoms with van der Waals surface area (Å²) >= 11 is 0. The molecule has 0 saturated heterocycles. The van der Waals surface area contributed by atoms with Gasteiger partial charge in [0.05, 0.1) is 18.8 Å². The van der Waals surface area contributed by atoms with Crippen LogP contribution in [-0.4, -0.2) is 28.4 Å². The number of anilines is 1. The first-order chi connectivity index (χ1) is 9.52. The Hall–Kier alpha value is -2.44. The second-order valence-corrected chi connectivity index (χ2v) is 4.40. The fraction of sp³-hybridized carbons (Fsp3) is 0.385. The van der Waals surface area contributed by atoms with E-state index in [1.807, 2.05) is 20.8 Å². The Morgan fingerprint density at radius 3 is 2.60 bits per heavy atom. The van der Waals surface area contributed by atoms with Gasteiger partial charge in [0.25, 0.3) is 0 Å². The first-order valence-corrected chi connectivity index (χ1v) is 6.14. The number of esters is 1. The smallest absolute Gasteiger partial charge is 0.358 e. The molecule has 0 amide bonds. The molecule has 106 valence electrons. The molecule has 20 heavy (non-hydrogen) atoms. The lowest BCUT2D eigenvalue weighted by Crippen LogP contribution is -2.11. The predicted octanol–water partition coefficient (Wildman–Crippen LogP) is 2.04. The Balaban J connectivity index is 2.12. The summed E-state index contributed by atoms with van der Waals surface area (Å²) in [6, 6.07) is 3.20. The van der Waals surface area contributed by atoms with Gasteiger partial charge < -0.3 is 14.6 Å². The average molecular weight is 276 g/mol. The standard InChI is InChI=1S/C13H16N4O3/c1-7(12-8(2)17-20-9(12)3)14-11-6-5-10(15-16-11)13(18)19-4/h5-7H,1-4H3,(H,14,16). The molecule has 0 aliphatic rings. The van der Waals surface area contributed by atoms with Gasteiger partial charge in [0.2, 0.25) is 0 Å². The van der Waals surface area contributed by atoms with E-state index < -0.39 is 5.97 Å². The van der Waals surface area contributed by atoms with Gasteiger partial charge in [0.1, 0.15) is 11.6 Å². The molecule has 0 saturated carbocycles. The third kappa shape index (κ3) is 2.76.